The van der Waals surface area contributed by atoms with E-state index in [0.717, 1.165) is 18.4 Å². The average molecular weight is 268 g/mol. The molecule has 0 fully saturated rings. The Kier molecular flexibility index (Phi) is 5.48. The van der Waals surface area contributed by atoms with Crippen LogP contribution in [0, 0.1) is 11.7 Å². The van der Waals surface area contributed by atoms with Gasteiger partial charge in [0.1, 0.15) is 5.82 Å². The summed E-state index contributed by atoms with van der Waals surface area (Å²) in [5, 5.41) is 19.7. The van der Waals surface area contributed by atoms with Crippen LogP contribution in [0.15, 0.2) is 24.3 Å². The Morgan fingerprint density at radius 1 is 1.37 bits per heavy atom. The van der Waals surface area contributed by atoms with Crippen LogP contribution in [0.2, 0.25) is 0 Å². The van der Waals surface area contributed by atoms with Crippen LogP contribution in [-0.2, 0) is 11.2 Å². The van der Waals surface area contributed by atoms with Crippen LogP contribution in [0.5, 0.6) is 0 Å². The van der Waals surface area contributed by atoms with Gasteiger partial charge in [0, 0.05) is 6.42 Å². The number of carbonyl (C=O) groups is 1. The zero-order valence-corrected chi connectivity index (χ0v) is 11.4. The Bertz CT molecular complexity index is 412. The van der Waals surface area contributed by atoms with Crippen LogP contribution in [0.1, 0.15) is 38.7 Å². The predicted octanol–water partition coefficient (Wildman–Crippen LogP) is 3.01. The molecule has 0 heterocycles. The first-order chi connectivity index (χ1) is 8.86. The first kappa shape index (κ1) is 15.6. The number of carboxylic acids is 1. The number of aliphatic carboxylic acids is 1. The fourth-order valence-electron chi connectivity index (χ4n) is 2.25. The Hall–Kier alpha value is -1.42. The molecule has 0 saturated heterocycles. The molecule has 1 aromatic rings. The molecular formula is C15H21FO3. The second-order valence-electron chi connectivity index (χ2n) is 5.19. The second kappa shape index (κ2) is 6.66. The Labute approximate surface area is 113 Å². The van der Waals surface area contributed by atoms with Crippen LogP contribution in [0.3, 0.4) is 0 Å². The van der Waals surface area contributed by atoms with E-state index in [0.29, 0.717) is 6.42 Å². The summed E-state index contributed by atoms with van der Waals surface area (Å²) in [5.74, 6) is -2.14. The number of hydrogen-bond acceptors (Lipinski definition) is 2. The van der Waals surface area contributed by atoms with E-state index < -0.39 is 17.5 Å². The van der Waals surface area contributed by atoms with E-state index in [2.05, 4.69) is 0 Å². The molecule has 0 aliphatic heterocycles. The molecule has 4 heteroatoms. The third kappa shape index (κ3) is 4.63. The maximum absolute atomic E-state index is 12.8. The van der Waals surface area contributed by atoms with Crippen molar-refractivity contribution in [2.24, 2.45) is 5.92 Å². The molecule has 0 aliphatic carbocycles. The van der Waals surface area contributed by atoms with E-state index in [4.69, 9.17) is 0 Å². The van der Waals surface area contributed by atoms with Gasteiger partial charge in [0.15, 0.2) is 0 Å². The molecule has 1 rings (SSSR count). The maximum atomic E-state index is 12.8. The molecule has 0 amide bonds. The van der Waals surface area contributed by atoms with E-state index in [1.54, 1.807) is 12.1 Å². The molecule has 1 aromatic carbocycles. The highest BCUT2D eigenvalue weighted by Gasteiger charge is 2.36. The zero-order valence-electron chi connectivity index (χ0n) is 11.4. The fraction of sp³-hybridized carbons (Fsp3) is 0.533. The summed E-state index contributed by atoms with van der Waals surface area (Å²) in [6, 6.07) is 5.77. The van der Waals surface area contributed by atoms with Crippen LogP contribution >= 0.6 is 0 Å². The maximum Gasteiger partial charge on any atom is 0.309 e. The zero-order chi connectivity index (χ0) is 14.5. The topological polar surface area (TPSA) is 57.5 Å². The molecule has 0 bridgehead atoms. The molecule has 0 aliphatic rings. The molecule has 0 spiro atoms. The number of rotatable bonds is 7. The fourth-order valence-corrected chi connectivity index (χ4v) is 2.25. The normalized spacial score (nSPS) is 15.8. The lowest BCUT2D eigenvalue weighted by atomic mass is 9.81. The monoisotopic (exact) mass is 268 g/mol. The van der Waals surface area contributed by atoms with Gasteiger partial charge in [-0.3, -0.25) is 4.79 Å². The van der Waals surface area contributed by atoms with Crippen molar-refractivity contribution in [3.8, 4) is 0 Å². The summed E-state index contributed by atoms with van der Waals surface area (Å²) >= 11 is 0. The minimum atomic E-state index is -1.33. The number of hydrogen-bond donors (Lipinski definition) is 2. The molecule has 0 saturated carbocycles. The molecule has 0 radical (unpaired) electrons. The third-order valence-corrected chi connectivity index (χ3v) is 3.37. The van der Waals surface area contributed by atoms with Gasteiger partial charge in [0.2, 0.25) is 0 Å². The van der Waals surface area contributed by atoms with E-state index in [-0.39, 0.29) is 12.2 Å². The van der Waals surface area contributed by atoms with E-state index in [1.165, 1.54) is 19.1 Å². The summed E-state index contributed by atoms with van der Waals surface area (Å²) in [7, 11) is 0. The highest BCUT2D eigenvalue weighted by Crippen LogP contribution is 2.27. The van der Waals surface area contributed by atoms with Crippen molar-refractivity contribution in [2.75, 3.05) is 0 Å². The quantitative estimate of drug-likeness (QED) is 0.799. The van der Waals surface area contributed by atoms with Crippen molar-refractivity contribution >= 4 is 5.97 Å². The lowest BCUT2D eigenvalue weighted by molar-refractivity contribution is -0.151. The van der Waals surface area contributed by atoms with E-state index >= 15 is 0 Å². The number of benzene rings is 1. The second-order valence-corrected chi connectivity index (χ2v) is 5.19. The van der Waals surface area contributed by atoms with Crippen LogP contribution in [0.4, 0.5) is 4.39 Å². The van der Waals surface area contributed by atoms with Crippen molar-refractivity contribution < 1.29 is 19.4 Å². The molecule has 3 nitrogen and oxygen atoms in total. The van der Waals surface area contributed by atoms with Gasteiger partial charge in [-0.05, 0) is 31.0 Å². The number of halogens is 1. The molecule has 2 N–H and O–H groups in total. The van der Waals surface area contributed by atoms with Crippen molar-refractivity contribution in [1.82, 2.24) is 0 Å². The smallest absolute Gasteiger partial charge is 0.309 e. The summed E-state index contributed by atoms with van der Waals surface area (Å²) in [5.41, 5.74) is -0.604. The van der Waals surface area contributed by atoms with Gasteiger partial charge in [-0.15, -0.1) is 0 Å². The van der Waals surface area contributed by atoms with Gasteiger partial charge in [-0.1, -0.05) is 31.9 Å². The highest BCUT2D eigenvalue weighted by molar-refractivity contribution is 5.71. The van der Waals surface area contributed by atoms with Crippen molar-refractivity contribution in [3.05, 3.63) is 35.6 Å². The number of carboxylic acid groups (broad SMARTS) is 1. The van der Waals surface area contributed by atoms with Crippen LogP contribution in [-0.4, -0.2) is 21.8 Å². The summed E-state index contributed by atoms with van der Waals surface area (Å²) < 4.78 is 12.8. The molecule has 19 heavy (non-hydrogen) atoms. The van der Waals surface area contributed by atoms with E-state index in [1.807, 2.05) is 6.92 Å². The Morgan fingerprint density at radius 2 is 1.95 bits per heavy atom. The summed E-state index contributed by atoms with van der Waals surface area (Å²) in [6.45, 7) is 3.51. The van der Waals surface area contributed by atoms with Crippen molar-refractivity contribution in [2.45, 2.75) is 45.1 Å². The van der Waals surface area contributed by atoms with Gasteiger partial charge in [0.25, 0.3) is 0 Å². The van der Waals surface area contributed by atoms with Crippen molar-refractivity contribution in [3.63, 3.8) is 0 Å². The molecule has 0 aromatic heterocycles. The molecule has 106 valence electrons. The average Bonchev–Trinajstić information content (AvgIpc) is 2.31. The van der Waals surface area contributed by atoms with Gasteiger partial charge >= 0.3 is 5.97 Å². The van der Waals surface area contributed by atoms with Crippen LogP contribution < -0.4 is 0 Å². The Morgan fingerprint density at radius 3 is 2.42 bits per heavy atom. The minimum absolute atomic E-state index is 0.202. The number of unbranched alkanes of at least 4 members (excludes halogenated alkanes) is 1. The summed E-state index contributed by atoms with van der Waals surface area (Å²) in [6.07, 6.45) is 2.29. The predicted molar refractivity (Wildman–Crippen MR) is 71.4 cm³/mol. The standard InChI is InChI=1S/C15H21FO3/c1-3-4-5-13(14(17)18)15(2,19)10-11-6-8-12(16)9-7-11/h6-9,13,19H,3-5,10H2,1-2H3,(H,17,18). The van der Waals surface area contributed by atoms with E-state index in [9.17, 15) is 19.4 Å². The number of aliphatic hydroxyl groups is 1. The van der Waals surface area contributed by atoms with Gasteiger partial charge in [-0.25, -0.2) is 4.39 Å². The highest BCUT2D eigenvalue weighted by atomic mass is 19.1. The Balaban J connectivity index is 2.81. The first-order valence-electron chi connectivity index (χ1n) is 6.56. The van der Waals surface area contributed by atoms with Crippen LogP contribution in [0.25, 0.3) is 0 Å². The SMILES string of the molecule is CCCCC(C(=O)O)C(C)(O)Cc1ccc(F)cc1. The third-order valence-electron chi connectivity index (χ3n) is 3.37. The lowest BCUT2D eigenvalue weighted by Crippen LogP contribution is -2.41. The molecule has 2 unspecified atom stereocenters. The largest absolute Gasteiger partial charge is 0.481 e. The van der Waals surface area contributed by atoms with Gasteiger partial charge < -0.3 is 10.2 Å². The summed E-state index contributed by atoms with van der Waals surface area (Å²) in [4.78, 5) is 11.3. The first-order valence-corrected chi connectivity index (χ1v) is 6.56. The molecular weight excluding hydrogens is 247 g/mol. The van der Waals surface area contributed by atoms with Crippen molar-refractivity contribution in [1.29, 1.82) is 0 Å². The molecule has 2 atom stereocenters. The minimum Gasteiger partial charge on any atom is -0.481 e. The lowest BCUT2D eigenvalue weighted by Gasteiger charge is -2.30. The van der Waals surface area contributed by atoms with Gasteiger partial charge in [0.05, 0.1) is 11.5 Å². The van der Waals surface area contributed by atoms with Gasteiger partial charge in [-0.2, -0.15) is 0 Å².